The molecule has 10 heteroatoms. The maximum Gasteiger partial charge on any atom is 0.324 e. The minimum atomic E-state index is -0.470. The number of allylic oxidation sites excluding steroid dienone is 1. The van der Waals surface area contributed by atoms with Gasteiger partial charge >= 0.3 is 5.00 Å². The zero-order chi connectivity index (χ0) is 22.5. The van der Waals surface area contributed by atoms with Gasteiger partial charge in [-0.15, -0.1) is 10.2 Å². The Kier molecular flexibility index (Phi) is 6.43. The Morgan fingerprint density at radius 1 is 1.09 bits per heavy atom. The lowest BCUT2D eigenvalue weighted by molar-refractivity contribution is -0.380. The zero-order valence-electron chi connectivity index (χ0n) is 16.6. The van der Waals surface area contributed by atoms with Crippen LogP contribution in [0.3, 0.4) is 0 Å². The molecular formula is C22H15N3O5S2. The zero-order valence-corrected chi connectivity index (χ0v) is 18.3. The van der Waals surface area contributed by atoms with Crippen LogP contribution in [0.25, 0.3) is 16.4 Å². The van der Waals surface area contributed by atoms with Crippen LogP contribution in [0.5, 0.6) is 5.75 Å². The molecule has 0 atom stereocenters. The summed E-state index contributed by atoms with van der Waals surface area (Å²) in [7, 11) is 1.54. The Hall–Kier alpha value is -3.76. The highest BCUT2D eigenvalue weighted by molar-refractivity contribution is 8.08. The number of ketones is 1. The number of thioether (sulfide) groups is 1. The van der Waals surface area contributed by atoms with Gasteiger partial charge in [0.05, 0.1) is 12.0 Å². The van der Waals surface area contributed by atoms with Gasteiger partial charge in [0.15, 0.2) is 5.78 Å². The first-order chi connectivity index (χ1) is 15.5. The first-order valence-corrected chi connectivity index (χ1v) is 10.9. The predicted octanol–water partition coefficient (Wildman–Crippen LogP) is 5.73. The number of rotatable bonds is 8. The van der Waals surface area contributed by atoms with E-state index < -0.39 is 4.92 Å². The van der Waals surface area contributed by atoms with Gasteiger partial charge < -0.3 is 9.15 Å². The van der Waals surface area contributed by atoms with E-state index in [1.165, 1.54) is 12.1 Å². The van der Waals surface area contributed by atoms with Gasteiger partial charge in [0.1, 0.15) is 5.75 Å². The van der Waals surface area contributed by atoms with Crippen molar-refractivity contribution < 1.29 is 18.9 Å². The van der Waals surface area contributed by atoms with E-state index in [1.54, 1.807) is 37.4 Å². The Morgan fingerprint density at radius 3 is 2.50 bits per heavy atom. The third-order valence-electron chi connectivity index (χ3n) is 4.28. The van der Waals surface area contributed by atoms with E-state index >= 15 is 0 Å². The highest BCUT2D eigenvalue weighted by Gasteiger charge is 2.19. The highest BCUT2D eigenvalue weighted by Crippen LogP contribution is 2.40. The van der Waals surface area contributed by atoms with Crippen LogP contribution in [0.4, 0.5) is 5.00 Å². The molecule has 2 aromatic carbocycles. The van der Waals surface area contributed by atoms with Crippen molar-refractivity contribution in [3.05, 3.63) is 93.4 Å². The second kappa shape index (κ2) is 9.58. The number of ether oxygens (including phenoxy) is 1. The summed E-state index contributed by atoms with van der Waals surface area (Å²) in [5, 5.41) is 19.4. The molecule has 0 saturated carbocycles. The van der Waals surface area contributed by atoms with Crippen molar-refractivity contribution in [1.82, 2.24) is 10.2 Å². The molecule has 160 valence electrons. The van der Waals surface area contributed by atoms with Crippen LogP contribution in [0, 0.1) is 10.1 Å². The van der Waals surface area contributed by atoms with Crippen molar-refractivity contribution in [3.63, 3.8) is 0 Å². The molecular weight excluding hydrogens is 450 g/mol. The van der Waals surface area contributed by atoms with Crippen molar-refractivity contribution in [2.24, 2.45) is 0 Å². The normalized spacial score (nSPS) is 11.3. The molecule has 0 saturated heterocycles. The average Bonchev–Trinajstić information content (AvgIpc) is 3.49. The molecule has 32 heavy (non-hydrogen) atoms. The first-order valence-electron chi connectivity index (χ1n) is 9.25. The molecule has 0 aliphatic heterocycles. The van der Waals surface area contributed by atoms with Crippen LogP contribution in [0.2, 0.25) is 0 Å². The Balaban J connectivity index is 1.66. The van der Waals surface area contributed by atoms with Crippen LogP contribution in [-0.2, 0) is 0 Å². The Morgan fingerprint density at radius 2 is 1.84 bits per heavy atom. The number of thiophene rings is 1. The van der Waals surface area contributed by atoms with Gasteiger partial charge in [-0.05, 0) is 54.2 Å². The summed E-state index contributed by atoms with van der Waals surface area (Å²) >= 11 is 2.04. The second-order valence-corrected chi connectivity index (χ2v) is 8.39. The molecule has 0 spiro atoms. The number of benzene rings is 2. The minimum absolute atomic E-state index is 0.0288. The number of carbonyl (C=O) groups excluding carboxylic acids is 1. The topological polar surface area (TPSA) is 108 Å². The molecule has 8 nitrogen and oxygen atoms in total. The van der Waals surface area contributed by atoms with E-state index in [4.69, 9.17) is 9.15 Å². The van der Waals surface area contributed by atoms with E-state index in [0.29, 0.717) is 27.0 Å². The van der Waals surface area contributed by atoms with Crippen molar-refractivity contribution in [3.8, 4) is 17.2 Å². The number of methoxy groups -OCH3 is 1. The molecule has 0 unspecified atom stereocenters. The molecule has 0 aliphatic rings. The molecule has 4 aromatic rings. The highest BCUT2D eigenvalue weighted by atomic mass is 32.2. The van der Waals surface area contributed by atoms with E-state index in [-0.39, 0.29) is 16.0 Å². The van der Waals surface area contributed by atoms with Crippen LogP contribution in [0.1, 0.15) is 15.2 Å². The lowest BCUT2D eigenvalue weighted by atomic mass is 10.1. The smallest absolute Gasteiger partial charge is 0.324 e. The molecule has 2 heterocycles. The molecule has 0 bridgehead atoms. The van der Waals surface area contributed by atoms with E-state index in [0.717, 1.165) is 28.7 Å². The lowest BCUT2D eigenvalue weighted by Gasteiger charge is -2.03. The lowest BCUT2D eigenvalue weighted by Crippen LogP contribution is -1.95. The summed E-state index contributed by atoms with van der Waals surface area (Å²) < 4.78 is 10.9. The maximum atomic E-state index is 12.9. The molecule has 4 rings (SSSR count). The van der Waals surface area contributed by atoms with E-state index in [2.05, 4.69) is 10.2 Å². The third-order valence-corrected chi connectivity index (χ3v) is 6.37. The number of nitro groups is 1. The summed E-state index contributed by atoms with van der Waals surface area (Å²) in [5.74, 6) is 0.702. The fourth-order valence-corrected chi connectivity index (χ4v) is 4.42. The molecule has 2 aromatic heterocycles. The van der Waals surface area contributed by atoms with Crippen LogP contribution >= 0.6 is 23.1 Å². The van der Waals surface area contributed by atoms with Crippen LogP contribution in [0.15, 0.2) is 82.4 Å². The molecule has 0 aliphatic carbocycles. The summed E-state index contributed by atoms with van der Waals surface area (Å²) in [5.41, 5.74) is 1.21. The van der Waals surface area contributed by atoms with Crippen molar-refractivity contribution in [2.45, 2.75) is 5.22 Å². The van der Waals surface area contributed by atoms with Gasteiger partial charge in [-0.1, -0.05) is 29.5 Å². The van der Waals surface area contributed by atoms with Gasteiger partial charge in [0.2, 0.25) is 5.89 Å². The number of carbonyl (C=O) groups is 1. The van der Waals surface area contributed by atoms with Gasteiger partial charge in [-0.2, -0.15) is 0 Å². The van der Waals surface area contributed by atoms with Gasteiger partial charge in [-0.25, -0.2) is 0 Å². The minimum Gasteiger partial charge on any atom is -0.497 e. The summed E-state index contributed by atoms with van der Waals surface area (Å²) in [6, 6.07) is 18.9. The second-order valence-electron chi connectivity index (χ2n) is 6.34. The predicted molar refractivity (Wildman–Crippen MR) is 122 cm³/mol. The Bertz CT molecular complexity index is 1280. The number of hydrogen-bond donors (Lipinski definition) is 0. The van der Waals surface area contributed by atoms with Crippen molar-refractivity contribution >= 4 is 38.8 Å². The fourth-order valence-electron chi connectivity index (χ4n) is 2.71. The number of aromatic nitrogens is 2. The van der Waals surface area contributed by atoms with Gasteiger partial charge in [0, 0.05) is 33.1 Å². The van der Waals surface area contributed by atoms with Crippen molar-refractivity contribution in [2.75, 3.05) is 7.11 Å². The van der Waals surface area contributed by atoms with Crippen LogP contribution < -0.4 is 4.74 Å². The van der Waals surface area contributed by atoms with Crippen molar-refractivity contribution in [1.29, 1.82) is 0 Å². The number of hydrogen-bond acceptors (Lipinski definition) is 9. The summed E-state index contributed by atoms with van der Waals surface area (Å²) in [4.78, 5) is 24.5. The van der Waals surface area contributed by atoms with Gasteiger partial charge in [0.25, 0.3) is 5.22 Å². The quantitative estimate of drug-likeness (QED) is 0.107. The van der Waals surface area contributed by atoms with Gasteiger partial charge in [-0.3, -0.25) is 14.9 Å². The Labute approximate surface area is 190 Å². The average molecular weight is 466 g/mol. The number of nitrogens with zero attached hydrogens (tertiary/aromatic N) is 3. The molecule has 0 N–H and O–H groups in total. The van der Waals surface area contributed by atoms with E-state index in [9.17, 15) is 14.9 Å². The molecule has 0 radical (unpaired) electrons. The standard InChI is InChI=1S/C22H15N3O5S2/c1-29-16-9-7-14(8-10-16)17(26)13-19(18-11-12-20(31-18)25(27)28)32-22-24-23-21(30-22)15-5-3-2-4-6-15/h2-13H,1H3. The monoisotopic (exact) mass is 465 g/mol. The largest absolute Gasteiger partial charge is 0.497 e. The first kappa shape index (κ1) is 21.5. The summed E-state index contributed by atoms with van der Waals surface area (Å²) in [6.45, 7) is 0. The maximum absolute atomic E-state index is 12.9. The summed E-state index contributed by atoms with van der Waals surface area (Å²) in [6.07, 6.45) is 1.41. The molecule has 0 fully saturated rings. The molecule has 0 amide bonds. The van der Waals surface area contributed by atoms with E-state index in [1.807, 2.05) is 30.3 Å². The third kappa shape index (κ3) is 4.93. The SMILES string of the molecule is COc1ccc(C(=O)C=C(Sc2nnc(-c3ccccc3)o2)c2ccc([N+](=O)[O-])s2)cc1. The van der Waals surface area contributed by atoms with Crippen LogP contribution in [-0.4, -0.2) is 28.0 Å². The fraction of sp³-hybridized carbons (Fsp3) is 0.0455.